The fourth-order valence-corrected chi connectivity index (χ4v) is 1.48. The van der Waals surface area contributed by atoms with Crippen LogP contribution in [0, 0.1) is 6.92 Å². The lowest BCUT2D eigenvalue weighted by atomic mass is 10.0. The SMILES string of the molecule is COC(=O)C(N)c1c(C)cccc1OC. The molecule has 0 bridgehead atoms. The summed E-state index contributed by atoms with van der Waals surface area (Å²) in [5, 5.41) is 0. The first kappa shape index (κ1) is 11.5. The number of rotatable bonds is 3. The van der Waals surface area contributed by atoms with Crippen molar-refractivity contribution in [2.24, 2.45) is 5.73 Å². The Morgan fingerprint density at radius 3 is 2.60 bits per heavy atom. The molecule has 0 saturated heterocycles. The summed E-state index contributed by atoms with van der Waals surface area (Å²) in [5.74, 6) is 0.135. The van der Waals surface area contributed by atoms with Crippen molar-refractivity contribution >= 4 is 5.97 Å². The highest BCUT2D eigenvalue weighted by Crippen LogP contribution is 2.27. The molecule has 2 N–H and O–H groups in total. The van der Waals surface area contributed by atoms with Crippen LogP contribution in [0.1, 0.15) is 17.2 Å². The second kappa shape index (κ2) is 4.79. The first-order valence-corrected chi connectivity index (χ1v) is 4.58. The topological polar surface area (TPSA) is 61.5 Å². The summed E-state index contributed by atoms with van der Waals surface area (Å²) in [7, 11) is 2.86. The van der Waals surface area contributed by atoms with Crippen LogP contribution in [0.5, 0.6) is 5.75 Å². The average Bonchev–Trinajstić information content (AvgIpc) is 2.26. The molecule has 0 spiro atoms. The quantitative estimate of drug-likeness (QED) is 0.759. The van der Waals surface area contributed by atoms with Gasteiger partial charge in [-0.2, -0.15) is 0 Å². The number of carbonyl (C=O) groups excluding carboxylic acids is 1. The zero-order valence-corrected chi connectivity index (χ0v) is 9.11. The molecule has 1 aromatic rings. The second-order valence-corrected chi connectivity index (χ2v) is 3.19. The van der Waals surface area contributed by atoms with Crippen LogP contribution in [-0.4, -0.2) is 20.2 Å². The van der Waals surface area contributed by atoms with E-state index in [2.05, 4.69) is 4.74 Å². The standard InChI is InChI=1S/C11H15NO3/c1-7-5-4-6-8(14-2)9(7)10(12)11(13)15-3/h4-6,10H,12H2,1-3H3. The van der Waals surface area contributed by atoms with Gasteiger partial charge in [-0.25, -0.2) is 0 Å². The Morgan fingerprint density at radius 2 is 2.07 bits per heavy atom. The molecule has 0 heterocycles. The van der Waals surface area contributed by atoms with Gasteiger partial charge in [-0.1, -0.05) is 12.1 Å². The van der Waals surface area contributed by atoms with Gasteiger partial charge < -0.3 is 15.2 Å². The molecule has 0 amide bonds. The molecule has 0 aliphatic heterocycles. The van der Waals surface area contributed by atoms with E-state index < -0.39 is 12.0 Å². The molecule has 15 heavy (non-hydrogen) atoms. The van der Waals surface area contributed by atoms with Crippen molar-refractivity contribution in [3.05, 3.63) is 29.3 Å². The molecular weight excluding hydrogens is 194 g/mol. The van der Waals surface area contributed by atoms with Crippen LogP contribution in [0.15, 0.2) is 18.2 Å². The van der Waals surface area contributed by atoms with E-state index in [9.17, 15) is 4.79 Å². The molecule has 1 unspecified atom stereocenters. The van der Waals surface area contributed by atoms with Gasteiger partial charge in [0.25, 0.3) is 0 Å². The molecule has 0 aromatic heterocycles. The van der Waals surface area contributed by atoms with E-state index in [1.54, 1.807) is 13.2 Å². The average molecular weight is 209 g/mol. The maximum absolute atomic E-state index is 11.3. The molecule has 0 aliphatic carbocycles. The number of carbonyl (C=O) groups is 1. The third-order valence-corrected chi connectivity index (χ3v) is 2.27. The first-order valence-electron chi connectivity index (χ1n) is 4.58. The molecule has 1 rings (SSSR count). The number of hydrogen-bond donors (Lipinski definition) is 1. The van der Waals surface area contributed by atoms with Crippen molar-refractivity contribution in [2.75, 3.05) is 14.2 Å². The van der Waals surface area contributed by atoms with Crippen LogP contribution in [0.25, 0.3) is 0 Å². The van der Waals surface area contributed by atoms with Crippen molar-refractivity contribution in [2.45, 2.75) is 13.0 Å². The number of nitrogens with two attached hydrogens (primary N) is 1. The molecule has 0 fully saturated rings. The Balaban J connectivity index is 3.16. The summed E-state index contributed by atoms with van der Waals surface area (Å²) in [6.45, 7) is 1.88. The Labute approximate surface area is 89.0 Å². The van der Waals surface area contributed by atoms with E-state index in [0.29, 0.717) is 11.3 Å². The predicted octanol–water partition coefficient (Wildman–Crippen LogP) is 1.18. The van der Waals surface area contributed by atoms with E-state index in [4.69, 9.17) is 10.5 Å². The van der Waals surface area contributed by atoms with Gasteiger partial charge in [0, 0.05) is 5.56 Å². The van der Waals surface area contributed by atoms with Gasteiger partial charge >= 0.3 is 5.97 Å². The highest BCUT2D eigenvalue weighted by atomic mass is 16.5. The Morgan fingerprint density at radius 1 is 1.40 bits per heavy atom. The van der Waals surface area contributed by atoms with Gasteiger partial charge in [0.15, 0.2) is 0 Å². The van der Waals surface area contributed by atoms with Crippen molar-refractivity contribution in [1.82, 2.24) is 0 Å². The zero-order valence-electron chi connectivity index (χ0n) is 9.11. The van der Waals surface area contributed by atoms with E-state index in [-0.39, 0.29) is 0 Å². The van der Waals surface area contributed by atoms with Crippen LogP contribution in [0.2, 0.25) is 0 Å². The van der Waals surface area contributed by atoms with E-state index in [1.165, 1.54) is 7.11 Å². The molecule has 82 valence electrons. The van der Waals surface area contributed by atoms with Crippen molar-refractivity contribution in [3.63, 3.8) is 0 Å². The third kappa shape index (κ3) is 2.27. The number of benzene rings is 1. The molecule has 0 saturated carbocycles. The zero-order chi connectivity index (χ0) is 11.4. The fourth-order valence-electron chi connectivity index (χ4n) is 1.48. The van der Waals surface area contributed by atoms with Crippen LogP contribution in [0.4, 0.5) is 0 Å². The van der Waals surface area contributed by atoms with Crippen LogP contribution in [0.3, 0.4) is 0 Å². The van der Waals surface area contributed by atoms with Crippen molar-refractivity contribution in [1.29, 1.82) is 0 Å². The Hall–Kier alpha value is -1.55. The molecule has 0 aliphatic rings. The number of hydrogen-bond acceptors (Lipinski definition) is 4. The van der Waals surface area contributed by atoms with Crippen LogP contribution < -0.4 is 10.5 Å². The minimum Gasteiger partial charge on any atom is -0.496 e. The summed E-state index contributed by atoms with van der Waals surface area (Å²) in [4.78, 5) is 11.3. The summed E-state index contributed by atoms with van der Waals surface area (Å²) >= 11 is 0. The van der Waals surface area contributed by atoms with Crippen LogP contribution in [-0.2, 0) is 9.53 Å². The second-order valence-electron chi connectivity index (χ2n) is 3.19. The van der Waals surface area contributed by atoms with Gasteiger partial charge in [0.1, 0.15) is 11.8 Å². The van der Waals surface area contributed by atoms with E-state index >= 15 is 0 Å². The van der Waals surface area contributed by atoms with Gasteiger partial charge in [0.2, 0.25) is 0 Å². The number of esters is 1. The number of methoxy groups -OCH3 is 2. The van der Waals surface area contributed by atoms with Crippen LogP contribution >= 0.6 is 0 Å². The molecule has 0 radical (unpaired) electrons. The molecule has 4 nitrogen and oxygen atoms in total. The molecule has 1 atom stereocenters. The lowest BCUT2D eigenvalue weighted by molar-refractivity contribution is -0.142. The highest BCUT2D eigenvalue weighted by molar-refractivity contribution is 5.78. The number of aryl methyl sites for hydroxylation is 1. The van der Waals surface area contributed by atoms with Crippen molar-refractivity contribution in [3.8, 4) is 5.75 Å². The first-order chi connectivity index (χ1) is 7.11. The maximum atomic E-state index is 11.3. The van der Waals surface area contributed by atoms with Crippen molar-refractivity contribution < 1.29 is 14.3 Å². The smallest absolute Gasteiger partial charge is 0.327 e. The van der Waals surface area contributed by atoms with Gasteiger partial charge in [0.05, 0.1) is 14.2 Å². The third-order valence-electron chi connectivity index (χ3n) is 2.27. The van der Waals surface area contributed by atoms with E-state index in [0.717, 1.165) is 5.56 Å². The minimum atomic E-state index is -0.800. The maximum Gasteiger partial charge on any atom is 0.327 e. The van der Waals surface area contributed by atoms with Gasteiger partial charge in [-0.05, 0) is 18.6 Å². The van der Waals surface area contributed by atoms with Gasteiger partial charge in [-0.15, -0.1) is 0 Å². The number of ether oxygens (including phenoxy) is 2. The summed E-state index contributed by atoms with van der Waals surface area (Å²) in [5.41, 5.74) is 7.35. The largest absolute Gasteiger partial charge is 0.496 e. The van der Waals surface area contributed by atoms with Gasteiger partial charge in [-0.3, -0.25) is 4.79 Å². The normalized spacial score (nSPS) is 12.0. The minimum absolute atomic E-state index is 0.470. The molecule has 1 aromatic carbocycles. The van der Waals surface area contributed by atoms with E-state index in [1.807, 2.05) is 19.1 Å². The predicted molar refractivity (Wildman–Crippen MR) is 56.7 cm³/mol. The summed E-state index contributed by atoms with van der Waals surface area (Å²) in [6, 6.07) is 4.69. The molecular formula is C11H15NO3. The lowest BCUT2D eigenvalue weighted by Gasteiger charge is -2.16. The Kier molecular flexibility index (Phi) is 3.68. The summed E-state index contributed by atoms with van der Waals surface area (Å²) < 4.78 is 9.76. The molecule has 4 heteroatoms. The highest BCUT2D eigenvalue weighted by Gasteiger charge is 2.21. The monoisotopic (exact) mass is 209 g/mol. The fraction of sp³-hybridized carbons (Fsp3) is 0.364. The summed E-state index contributed by atoms with van der Waals surface area (Å²) in [6.07, 6.45) is 0. The lowest BCUT2D eigenvalue weighted by Crippen LogP contribution is -2.24. The Bertz CT molecular complexity index is 363.